The Balaban J connectivity index is 1.63. The first-order valence-electron chi connectivity index (χ1n) is 8.80. The zero-order valence-electron chi connectivity index (χ0n) is 14.6. The van der Waals surface area contributed by atoms with Gasteiger partial charge in [0.1, 0.15) is 12.1 Å². The second-order valence-electron chi connectivity index (χ2n) is 6.96. The van der Waals surface area contributed by atoms with Gasteiger partial charge in [-0.05, 0) is 35.6 Å². The Morgan fingerprint density at radius 2 is 1.92 bits per heavy atom. The lowest BCUT2D eigenvalue weighted by molar-refractivity contribution is -0.136. The van der Waals surface area contributed by atoms with Crippen LogP contribution in [0.4, 0.5) is 0 Å². The lowest BCUT2D eigenvalue weighted by Gasteiger charge is -2.39. The number of hydrogen-bond acceptors (Lipinski definition) is 3. The molecule has 0 radical (unpaired) electrons. The van der Waals surface area contributed by atoms with Crippen LogP contribution in [0.5, 0.6) is 0 Å². The molecule has 0 saturated carbocycles. The van der Waals surface area contributed by atoms with Crippen molar-refractivity contribution in [1.82, 2.24) is 19.9 Å². The van der Waals surface area contributed by atoms with Crippen LogP contribution in [0.1, 0.15) is 31.0 Å². The van der Waals surface area contributed by atoms with Crippen LogP contribution < -0.4 is 0 Å². The smallest absolute Gasteiger partial charge is 0.244 e. The molecule has 1 atom stereocenters. The summed E-state index contributed by atoms with van der Waals surface area (Å²) in [5.74, 6) is 0.460. The molecule has 0 aliphatic carbocycles. The Bertz CT molecular complexity index is 915. The van der Waals surface area contributed by atoms with Gasteiger partial charge in [0, 0.05) is 6.54 Å². The topological polar surface area (TPSA) is 51.0 Å². The summed E-state index contributed by atoms with van der Waals surface area (Å²) >= 11 is 0. The van der Waals surface area contributed by atoms with Gasteiger partial charge in [-0.3, -0.25) is 4.79 Å². The van der Waals surface area contributed by atoms with E-state index in [-0.39, 0.29) is 18.5 Å². The Morgan fingerprint density at radius 1 is 1.16 bits per heavy atom. The van der Waals surface area contributed by atoms with E-state index in [1.807, 2.05) is 29.2 Å². The molecule has 0 spiro atoms. The minimum atomic E-state index is 0.101. The average Bonchev–Trinajstić information content (AvgIpc) is 3.03. The lowest BCUT2D eigenvalue weighted by Crippen LogP contribution is -2.43. The molecular formula is C20H22N4O. The maximum absolute atomic E-state index is 13.1. The van der Waals surface area contributed by atoms with E-state index >= 15 is 0 Å². The Hall–Kier alpha value is -2.69. The van der Waals surface area contributed by atoms with Crippen LogP contribution in [0, 0.1) is 5.92 Å². The number of nitrogens with zero attached hydrogens (tertiary/aromatic N) is 4. The summed E-state index contributed by atoms with van der Waals surface area (Å²) in [6.45, 7) is 5.34. The zero-order chi connectivity index (χ0) is 17.4. The molecule has 1 aliphatic rings. The van der Waals surface area contributed by atoms with Gasteiger partial charge >= 0.3 is 0 Å². The molecule has 3 aromatic rings. The van der Waals surface area contributed by atoms with E-state index in [0.717, 1.165) is 24.0 Å². The normalized spacial score (nSPS) is 17.1. The third-order valence-corrected chi connectivity index (χ3v) is 4.99. The molecule has 2 heterocycles. The number of carbonyl (C=O) groups excluding carboxylic acids is 1. The molecule has 0 bridgehead atoms. The van der Waals surface area contributed by atoms with Gasteiger partial charge in [0.25, 0.3) is 0 Å². The summed E-state index contributed by atoms with van der Waals surface area (Å²) in [5.41, 5.74) is 4.35. The Kier molecular flexibility index (Phi) is 3.99. The number of hydrogen-bond donors (Lipinski definition) is 0. The molecule has 25 heavy (non-hydrogen) atoms. The van der Waals surface area contributed by atoms with Crippen LogP contribution in [0.25, 0.3) is 11.0 Å². The summed E-state index contributed by atoms with van der Waals surface area (Å²) in [6, 6.07) is 16.3. The van der Waals surface area contributed by atoms with Crippen LogP contribution in [0.2, 0.25) is 0 Å². The Labute approximate surface area is 147 Å². The first kappa shape index (κ1) is 15.8. The van der Waals surface area contributed by atoms with Gasteiger partial charge in [-0.15, -0.1) is 5.10 Å². The number of fused-ring (bicyclic) bond motifs is 2. The summed E-state index contributed by atoms with van der Waals surface area (Å²) in [4.78, 5) is 15.1. The van der Waals surface area contributed by atoms with Gasteiger partial charge < -0.3 is 4.90 Å². The largest absolute Gasteiger partial charge is 0.333 e. The zero-order valence-corrected chi connectivity index (χ0v) is 14.6. The van der Waals surface area contributed by atoms with Crippen molar-refractivity contribution in [2.75, 3.05) is 6.54 Å². The Morgan fingerprint density at radius 3 is 2.76 bits per heavy atom. The highest BCUT2D eigenvalue weighted by molar-refractivity contribution is 5.80. The van der Waals surface area contributed by atoms with Crippen LogP contribution in [0.15, 0.2) is 48.5 Å². The minimum Gasteiger partial charge on any atom is -0.333 e. The fourth-order valence-corrected chi connectivity index (χ4v) is 3.85. The second kappa shape index (κ2) is 6.31. The highest BCUT2D eigenvalue weighted by Gasteiger charge is 2.32. The monoisotopic (exact) mass is 334 g/mol. The number of aromatic nitrogens is 3. The van der Waals surface area contributed by atoms with E-state index < -0.39 is 0 Å². The molecule has 1 unspecified atom stereocenters. The molecule has 0 saturated heterocycles. The predicted molar refractivity (Wildman–Crippen MR) is 97.0 cm³/mol. The SMILES string of the molecule is CC(C)C1c2ccccc2CCN1C(=O)Cn1nnc2ccccc21. The predicted octanol–water partition coefficient (Wildman–Crippen LogP) is 3.21. The fourth-order valence-electron chi connectivity index (χ4n) is 3.85. The summed E-state index contributed by atoms with van der Waals surface area (Å²) in [5, 5.41) is 8.31. The van der Waals surface area contributed by atoms with E-state index in [2.05, 4.69) is 48.4 Å². The molecule has 128 valence electrons. The molecule has 0 fully saturated rings. The van der Waals surface area contributed by atoms with Crippen LogP contribution >= 0.6 is 0 Å². The van der Waals surface area contributed by atoms with E-state index in [4.69, 9.17) is 0 Å². The van der Waals surface area contributed by atoms with Crippen molar-refractivity contribution in [1.29, 1.82) is 0 Å². The molecule has 1 aromatic heterocycles. The van der Waals surface area contributed by atoms with Crippen molar-refractivity contribution in [3.63, 3.8) is 0 Å². The fraction of sp³-hybridized carbons (Fsp3) is 0.350. The van der Waals surface area contributed by atoms with Crippen molar-refractivity contribution in [3.05, 3.63) is 59.7 Å². The van der Waals surface area contributed by atoms with Crippen molar-refractivity contribution >= 4 is 16.9 Å². The van der Waals surface area contributed by atoms with E-state index in [9.17, 15) is 4.79 Å². The molecule has 2 aromatic carbocycles. The first-order chi connectivity index (χ1) is 12.1. The number of rotatable bonds is 3. The third-order valence-electron chi connectivity index (χ3n) is 4.99. The van der Waals surface area contributed by atoms with Gasteiger partial charge in [0.05, 0.1) is 11.6 Å². The van der Waals surface area contributed by atoms with Gasteiger partial charge in [-0.25, -0.2) is 4.68 Å². The maximum atomic E-state index is 13.1. The van der Waals surface area contributed by atoms with Crippen molar-refractivity contribution in [2.24, 2.45) is 5.92 Å². The summed E-state index contributed by atoms with van der Waals surface area (Å²) in [7, 11) is 0. The first-order valence-corrected chi connectivity index (χ1v) is 8.80. The lowest BCUT2D eigenvalue weighted by atomic mass is 9.86. The highest BCUT2D eigenvalue weighted by atomic mass is 16.2. The second-order valence-corrected chi connectivity index (χ2v) is 6.96. The van der Waals surface area contributed by atoms with Gasteiger partial charge in [-0.1, -0.05) is 55.5 Å². The molecule has 5 nitrogen and oxygen atoms in total. The number of benzene rings is 2. The number of carbonyl (C=O) groups is 1. The molecule has 1 amide bonds. The molecular weight excluding hydrogens is 312 g/mol. The maximum Gasteiger partial charge on any atom is 0.244 e. The van der Waals surface area contributed by atoms with E-state index in [1.54, 1.807) is 4.68 Å². The van der Waals surface area contributed by atoms with Crippen LogP contribution in [-0.4, -0.2) is 32.3 Å². The van der Waals surface area contributed by atoms with Crippen molar-refractivity contribution < 1.29 is 4.79 Å². The summed E-state index contributed by atoms with van der Waals surface area (Å²) < 4.78 is 1.70. The van der Waals surface area contributed by atoms with E-state index in [1.165, 1.54) is 11.1 Å². The average molecular weight is 334 g/mol. The van der Waals surface area contributed by atoms with Crippen molar-refractivity contribution in [3.8, 4) is 0 Å². The quantitative estimate of drug-likeness (QED) is 0.739. The molecule has 5 heteroatoms. The summed E-state index contributed by atoms with van der Waals surface area (Å²) in [6.07, 6.45) is 0.906. The van der Waals surface area contributed by atoms with Gasteiger partial charge in [0.15, 0.2) is 0 Å². The standard InChI is InChI=1S/C20H22N4O/c1-14(2)20-16-8-4-3-7-15(16)11-12-23(20)19(25)13-24-18-10-6-5-9-17(18)21-22-24/h3-10,14,20H,11-13H2,1-2H3. The third kappa shape index (κ3) is 2.80. The van der Waals surface area contributed by atoms with Crippen LogP contribution in [0.3, 0.4) is 0 Å². The van der Waals surface area contributed by atoms with E-state index in [0.29, 0.717) is 5.92 Å². The highest BCUT2D eigenvalue weighted by Crippen LogP contribution is 2.35. The van der Waals surface area contributed by atoms with Gasteiger partial charge in [0.2, 0.25) is 5.91 Å². The number of amides is 1. The minimum absolute atomic E-state index is 0.101. The van der Waals surface area contributed by atoms with Crippen LogP contribution in [-0.2, 0) is 17.8 Å². The molecule has 1 aliphatic heterocycles. The molecule has 0 N–H and O–H groups in total. The molecule has 4 rings (SSSR count). The van der Waals surface area contributed by atoms with Crippen molar-refractivity contribution in [2.45, 2.75) is 32.9 Å². The van der Waals surface area contributed by atoms with Gasteiger partial charge in [-0.2, -0.15) is 0 Å². The number of para-hydroxylation sites is 1.